The molecule has 33 heavy (non-hydrogen) atoms. The molecule has 2 unspecified atom stereocenters. The molecular formula is C21H26F3N5O3S. The largest absolute Gasteiger partial charge is 0.490 e. The second-order valence-corrected chi connectivity index (χ2v) is 10.3. The SMILES string of the molecule is Cc1ccc(CN2CC3Cc4nnc(C(=O)NC5CCC5)n4CC3C2)s1.O=C(O)C(F)(F)F. The number of carboxylic acids is 1. The van der Waals surface area contributed by atoms with Gasteiger partial charge in [-0.1, -0.05) is 0 Å². The number of carbonyl (C=O) groups excluding carboxylic acids is 1. The molecule has 4 heterocycles. The fourth-order valence-electron chi connectivity index (χ4n) is 4.51. The number of carboxylic acid groups (broad SMARTS) is 1. The number of aryl methyl sites for hydroxylation is 1. The number of amides is 1. The Morgan fingerprint density at radius 1 is 1.18 bits per heavy atom. The average Bonchev–Trinajstić information content (AvgIpc) is 3.40. The van der Waals surface area contributed by atoms with Crippen molar-refractivity contribution >= 4 is 23.2 Å². The van der Waals surface area contributed by atoms with Crippen LogP contribution in [-0.4, -0.2) is 62.0 Å². The summed E-state index contributed by atoms with van der Waals surface area (Å²) < 4.78 is 33.8. The molecule has 0 radical (unpaired) electrons. The van der Waals surface area contributed by atoms with Crippen LogP contribution in [-0.2, 0) is 24.3 Å². The van der Waals surface area contributed by atoms with E-state index in [1.807, 2.05) is 11.3 Å². The highest BCUT2D eigenvalue weighted by Crippen LogP contribution is 2.34. The van der Waals surface area contributed by atoms with E-state index in [4.69, 9.17) is 9.90 Å². The molecule has 1 aliphatic carbocycles. The van der Waals surface area contributed by atoms with Crippen LogP contribution in [0.25, 0.3) is 0 Å². The van der Waals surface area contributed by atoms with E-state index >= 15 is 0 Å². The second kappa shape index (κ2) is 9.41. The first kappa shape index (κ1) is 23.7. The van der Waals surface area contributed by atoms with E-state index in [0.29, 0.717) is 23.7 Å². The molecule has 2 N–H and O–H groups in total. The number of nitrogens with one attached hydrogen (secondary N) is 1. The van der Waals surface area contributed by atoms with Crippen LogP contribution in [0.2, 0.25) is 0 Å². The zero-order valence-corrected chi connectivity index (χ0v) is 19.0. The van der Waals surface area contributed by atoms with E-state index < -0.39 is 12.1 Å². The molecule has 2 aromatic rings. The normalized spacial score (nSPS) is 22.5. The van der Waals surface area contributed by atoms with Gasteiger partial charge < -0.3 is 15.0 Å². The lowest BCUT2D eigenvalue weighted by Gasteiger charge is -2.28. The number of hydrogen-bond donors (Lipinski definition) is 2. The van der Waals surface area contributed by atoms with Crippen LogP contribution in [0.5, 0.6) is 0 Å². The number of likely N-dealkylation sites (tertiary alicyclic amines) is 1. The fraction of sp³-hybridized carbons (Fsp3) is 0.619. The second-order valence-electron chi connectivity index (χ2n) is 8.89. The third kappa shape index (κ3) is 5.55. The van der Waals surface area contributed by atoms with E-state index in [-0.39, 0.29) is 5.91 Å². The predicted octanol–water partition coefficient (Wildman–Crippen LogP) is 2.87. The smallest absolute Gasteiger partial charge is 0.475 e. The Labute approximate surface area is 192 Å². The number of halogens is 3. The molecule has 180 valence electrons. The summed E-state index contributed by atoms with van der Waals surface area (Å²) in [5.41, 5.74) is 0. The van der Waals surface area contributed by atoms with E-state index in [1.165, 1.54) is 16.2 Å². The molecule has 2 aliphatic heterocycles. The lowest BCUT2D eigenvalue weighted by molar-refractivity contribution is -0.192. The van der Waals surface area contributed by atoms with Crippen molar-refractivity contribution in [3.05, 3.63) is 33.5 Å². The van der Waals surface area contributed by atoms with Gasteiger partial charge in [-0.15, -0.1) is 21.5 Å². The summed E-state index contributed by atoms with van der Waals surface area (Å²) in [7, 11) is 0. The summed E-state index contributed by atoms with van der Waals surface area (Å²) >= 11 is 1.89. The maximum absolute atomic E-state index is 12.5. The van der Waals surface area contributed by atoms with Crippen LogP contribution in [0.15, 0.2) is 12.1 Å². The Balaban J connectivity index is 0.000000325. The summed E-state index contributed by atoms with van der Waals surface area (Å²) in [6.45, 7) is 6.31. The lowest BCUT2D eigenvalue weighted by Crippen LogP contribution is -2.41. The quantitative estimate of drug-likeness (QED) is 0.691. The topological polar surface area (TPSA) is 100 Å². The minimum Gasteiger partial charge on any atom is -0.475 e. The molecule has 2 aromatic heterocycles. The maximum atomic E-state index is 12.5. The fourth-order valence-corrected chi connectivity index (χ4v) is 5.44. The molecule has 8 nitrogen and oxygen atoms in total. The number of rotatable bonds is 4. The number of aromatic nitrogens is 3. The van der Waals surface area contributed by atoms with Crippen LogP contribution in [0.4, 0.5) is 13.2 Å². The Kier molecular flexibility index (Phi) is 6.76. The molecule has 1 saturated heterocycles. The van der Waals surface area contributed by atoms with Gasteiger partial charge in [-0.25, -0.2) is 4.79 Å². The highest BCUT2D eigenvalue weighted by molar-refractivity contribution is 7.11. The molecule has 3 aliphatic rings. The molecule has 2 fully saturated rings. The Morgan fingerprint density at radius 3 is 2.45 bits per heavy atom. The van der Waals surface area contributed by atoms with Gasteiger partial charge >= 0.3 is 12.1 Å². The van der Waals surface area contributed by atoms with E-state index in [0.717, 1.165) is 51.3 Å². The van der Waals surface area contributed by atoms with Gasteiger partial charge in [-0.3, -0.25) is 9.69 Å². The van der Waals surface area contributed by atoms with Gasteiger partial charge in [0.2, 0.25) is 5.82 Å². The molecule has 12 heteroatoms. The van der Waals surface area contributed by atoms with Gasteiger partial charge in [0.05, 0.1) is 0 Å². The molecule has 0 spiro atoms. The van der Waals surface area contributed by atoms with Crippen molar-refractivity contribution < 1.29 is 27.9 Å². The van der Waals surface area contributed by atoms with Crippen molar-refractivity contribution in [1.82, 2.24) is 25.0 Å². The van der Waals surface area contributed by atoms with Crippen molar-refractivity contribution in [2.75, 3.05) is 13.1 Å². The van der Waals surface area contributed by atoms with Crippen molar-refractivity contribution in [3.8, 4) is 0 Å². The van der Waals surface area contributed by atoms with Crippen LogP contribution in [0.3, 0.4) is 0 Å². The Morgan fingerprint density at radius 2 is 1.88 bits per heavy atom. The third-order valence-electron chi connectivity index (χ3n) is 6.40. The molecule has 1 amide bonds. The Hall–Kier alpha value is -2.47. The number of alkyl halides is 3. The van der Waals surface area contributed by atoms with Gasteiger partial charge in [-0.05, 0) is 50.2 Å². The first-order valence-corrected chi connectivity index (χ1v) is 11.7. The maximum Gasteiger partial charge on any atom is 0.490 e. The Bertz CT molecular complexity index is 1020. The standard InChI is InChI=1S/C19H25N5OS.C2HF3O2/c1-12-5-6-16(26-12)11-23-8-13-7-17-21-22-18(24(17)10-14(13)9-23)19(25)20-15-3-2-4-15;3-2(4,5)1(6)7/h5-6,13-15H,2-4,7-11H2,1H3,(H,20,25);(H,6,7). The van der Waals surface area contributed by atoms with E-state index in [2.05, 4.69) is 44.0 Å². The van der Waals surface area contributed by atoms with Crippen LogP contribution in [0, 0.1) is 18.8 Å². The van der Waals surface area contributed by atoms with Crippen LogP contribution in [0.1, 0.15) is 45.5 Å². The summed E-state index contributed by atoms with van der Waals surface area (Å²) in [6.07, 6.45) is -0.746. The minimum absolute atomic E-state index is 0.0455. The van der Waals surface area contributed by atoms with E-state index in [1.54, 1.807) is 0 Å². The van der Waals surface area contributed by atoms with Gasteiger partial charge in [0.25, 0.3) is 5.91 Å². The molecule has 2 atom stereocenters. The number of thiophene rings is 1. The predicted molar refractivity (Wildman–Crippen MR) is 114 cm³/mol. The number of fused-ring (bicyclic) bond motifs is 2. The molecule has 0 aromatic carbocycles. The molecule has 1 saturated carbocycles. The number of nitrogens with zero attached hydrogens (tertiary/aromatic N) is 4. The zero-order chi connectivity index (χ0) is 23.8. The van der Waals surface area contributed by atoms with Crippen LogP contribution >= 0.6 is 11.3 Å². The van der Waals surface area contributed by atoms with Gasteiger partial charge in [-0.2, -0.15) is 13.2 Å². The van der Waals surface area contributed by atoms with Gasteiger partial charge in [0.1, 0.15) is 5.82 Å². The summed E-state index contributed by atoms with van der Waals surface area (Å²) in [5, 5.41) is 18.8. The molecule has 0 bridgehead atoms. The van der Waals surface area contributed by atoms with Crippen molar-refractivity contribution in [3.63, 3.8) is 0 Å². The summed E-state index contributed by atoms with van der Waals surface area (Å²) in [5.74, 6) is -0.0788. The van der Waals surface area contributed by atoms with Crippen LogP contribution < -0.4 is 5.32 Å². The van der Waals surface area contributed by atoms with Crippen molar-refractivity contribution in [2.45, 2.75) is 57.9 Å². The first-order chi connectivity index (χ1) is 15.6. The third-order valence-corrected chi connectivity index (χ3v) is 7.39. The van der Waals surface area contributed by atoms with Gasteiger partial charge in [0.15, 0.2) is 0 Å². The number of aliphatic carboxylic acids is 1. The highest BCUT2D eigenvalue weighted by Gasteiger charge is 2.39. The summed E-state index contributed by atoms with van der Waals surface area (Å²) in [6, 6.07) is 4.79. The highest BCUT2D eigenvalue weighted by atomic mass is 32.1. The molecule has 5 rings (SSSR count). The lowest BCUT2D eigenvalue weighted by atomic mass is 9.89. The summed E-state index contributed by atoms with van der Waals surface area (Å²) in [4.78, 5) is 26.8. The molecular weight excluding hydrogens is 459 g/mol. The van der Waals surface area contributed by atoms with Crippen molar-refractivity contribution in [1.29, 1.82) is 0 Å². The van der Waals surface area contributed by atoms with Crippen molar-refractivity contribution in [2.24, 2.45) is 11.8 Å². The number of carbonyl (C=O) groups is 2. The first-order valence-electron chi connectivity index (χ1n) is 10.9. The van der Waals surface area contributed by atoms with E-state index in [9.17, 15) is 18.0 Å². The number of hydrogen-bond acceptors (Lipinski definition) is 6. The zero-order valence-electron chi connectivity index (χ0n) is 18.1. The minimum atomic E-state index is -5.08. The van der Waals surface area contributed by atoms with Gasteiger partial charge in [0, 0.05) is 48.4 Å². The monoisotopic (exact) mass is 485 g/mol. The average molecular weight is 486 g/mol.